The molecule has 0 saturated carbocycles. The SMILES string of the molecule is Cc1nc(CNC(=O)NC(CO)c2ccccc2)sc1C. The van der Waals surface area contributed by atoms with E-state index in [0.29, 0.717) is 6.54 Å². The lowest BCUT2D eigenvalue weighted by Crippen LogP contribution is -2.38. The molecule has 0 spiro atoms. The van der Waals surface area contributed by atoms with Gasteiger partial charge in [-0.25, -0.2) is 9.78 Å². The number of hydrogen-bond donors (Lipinski definition) is 3. The zero-order chi connectivity index (χ0) is 15.2. The van der Waals surface area contributed by atoms with Crippen molar-refractivity contribution in [1.29, 1.82) is 0 Å². The largest absolute Gasteiger partial charge is 0.394 e. The molecule has 5 nitrogen and oxygen atoms in total. The number of thiazole rings is 1. The minimum Gasteiger partial charge on any atom is -0.394 e. The molecule has 2 aromatic rings. The second kappa shape index (κ2) is 7.19. The molecule has 2 amide bonds. The summed E-state index contributed by atoms with van der Waals surface area (Å²) in [6, 6.07) is 8.65. The van der Waals surface area contributed by atoms with Gasteiger partial charge in [0, 0.05) is 4.88 Å². The van der Waals surface area contributed by atoms with Crippen LogP contribution in [-0.4, -0.2) is 22.7 Å². The first-order chi connectivity index (χ1) is 10.1. The number of aliphatic hydroxyl groups excluding tert-OH is 1. The Balaban J connectivity index is 1.88. The second-order valence-corrected chi connectivity index (χ2v) is 6.01. The predicted molar refractivity (Wildman–Crippen MR) is 83.2 cm³/mol. The molecule has 1 unspecified atom stereocenters. The van der Waals surface area contributed by atoms with Crippen LogP contribution in [0.5, 0.6) is 0 Å². The first-order valence-electron chi connectivity index (χ1n) is 6.73. The smallest absolute Gasteiger partial charge is 0.315 e. The van der Waals surface area contributed by atoms with Crippen molar-refractivity contribution in [2.75, 3.05) is 6.61 Å². The Bertz CT molecular complexity index is 579. The van der Waals surface area contributed by atoms with Gasteiger partial charge in [0.15, 0.2) is 0 Å². The lowest BCUT2D eigenvalue weighted by molar-refractivity contribution is 0.216. The number of carbonyl (C=O) groups is 1. The lowest BCUT2D eigenvalue weighted by Gasteiger charge is -2.16. The van der Waals surface area contributed by atoms with Crippen molar-refractivity contribution in [3.8, 4) is 0 Å². The fourth-order valence-electron chi connectivity index (χ4n) is 1.90. The highest BCUT2D eigenvalue weighted by molar-refractivity contribution is 7.11. The number of rotatable bonds is 5. The first kappa shape index (κ1) is 15.5. The molecule has 0 aliphatic heterocycles. The summed E-state index contributed by atoms with van der Waals surface area (Å²) in [6.07, 6.45) is 0. The van der Waals surface area contributed by atoms with E-state index in [1.807, 2.05) is 44.2 Å². The molecule has 1 aromatic carbocycles. The highest BCUT2D eigenvalue weighted by Gasteiger charge is 2.13. The summed E-state index contributed by atoms with van der Waals surface area (Å²) in [5.74, 6) is 0. The molecule has 1 heterocycles. The number of hydrogen-bond acceptors (Lipinski definition) is 4. The third-order valence-corrected chi connectivity index (χ3v) is 4.24. The average Bonchev–Trinajstić information content (AvgIpc) is 2.82. The minimum atomic E-state index is -0.411. The van der Waals surface area contributed by atoms with E-state index >= 15 is 0 Å². The molecule has 0 fully saturated rings. The number of benzene rings is 1. The van der Waals surface area contributed by atoms with Crippen LogP contribution in [0.25, 0.3) is 0 Å². The topological polar surface area (TPSA) is 74.2 Å². The van der Waals surface area contributed by atoms with E-state index in [1.165, 1.54) is 0 Å². The number of nitrogens with zero attached hydrogens (tertiary/aromatic N) is 1. The van der Waals surface area contributed by atoms with Crippen LogP contribution in [0.2, 0.25) is 0 Å². The third kappa shape index (κ3) is 4.27. The van der Waals surface area contributed by atoms with Gasteiger partial charge < -0.3 is 15.7 Å². The number of urea groups is 1. The zero-order valence-electron chi connectivity index (χ0n) is 12.1. The van der Waals surface area contributed by atoms with Crippen molar-refractivity contribution < 1.29 is 9.90 Å². The molecule has 0 aliphatic rings. The van der Waals surface area contributed by atoms with E-state index in [1.54, 1.807) is 11.3 Å². The fourth-order valence-corrected chi connectivity index (χ4v) is 2.77. The van der Waals surface area contributed by atoms with Crippen LogP contribution in [-0.2, 0) is 6.54 Å². The summed E-state index contributed by atoms with van der Waals surface area (Å²) in [6.45, 7) is 4.20. The first-order valence-corrected chi connectivity index (χ1v) is 7.55. The Kier molecular flexibility index (Phi) is 5.30. The normalized spacial score (nSPS) is 12.0. The molecule has 0 bridgehead atoms. The van der Waals surface area contributed by atoms with E-state index < -0.39 is 6.04 Å². The lowest BCUT2D eigenvalue weighted by atomic mass is 10.1. The molecule has 0 saturated heterocycles. The van der Waals surface area contributed by atoms with E-state index in [0.717, 1.165) is 21.1 Å². The molecule has 0 aliphatic carbocycles. The van der Waals surface area contributed by atoms with Crippen LogP contribution in [0.15, 0.2) is 30.3 Å². The maximum Gasteiger partial charge on any atom is 0.315 e. The fraction of sp³-hybridized carbons (Fsp3) is 0.333. The van der Waals surface area contributed by atoms with Crippen molar-refractivity contribution in [2.45, 2.75) is 26.4 Å². The molecule has 0 radical (unpaired) electrons. The third-order valence-electron chi connectivity index (χ3n) is 3.16. The number of aryl methyl sites for hydroxylation is 2. The summed E-state index contributed by atoms with van der Waals surface area (Å²) >= 11 is 1.57. The highest BCUT2D eigenvalue weighted by Crippen LogP contribution is 2.16. The van der Waals surface area contributed by atoms with Gasteiger partial charge in [-0.3, -0.25) is 0 Å². The quantitative estimate of drug-likeness (QED) is 0.793. The number of aliphatic hydroxyl groups is 1. The monoisotopic (exact) mass is 305 g/mol. The summed E-state index contributed by atoms with van der Waals surface area (Å²) in [7, 11) is 0. The summed E-state index contributed by atoms with van der Waals surface area (Å²) in [4.78, 5) is 17.4. The van der Waals surface area contributed by atoms with Crippen molar-refractivity contribution >= 4 is 17.4 Å². The number of aromatic nitrogens is 1. The van der Waals surface area contributed by atoms with E-state index in [4.69, 9.17) is 0 Å². The molecular weight excluding hydrogens is 286 g/mol. The van der Waals surface area contributed by atoms with Gasteiger partial charge in [-0.05, 0) is 19.4 Å². The summed E-state index contributed by atoms with van der Waals surface area (Å²) in [5.41, 5.74) is 1.87. The van der Waals surface area contributed by atoms with Crippen LogP contribution in [0.3, 0.4) is 0 Å². The number of amides is 2. The minimum absolute atomic E-state index is 0.146. The van der Waals surface area contributed by atoms with Crippen LogP contribution in [0.1, 0.15) is 27.2 Å². The molecule has 2 rings (SSSR count). The van der Waals surface area contributed by atoms with Crippen molar-refractivity contribution in [3.63, 3.8) is 0 Å². The summed E-state index contributed by atoms with van der Waals surface area (Å²) < 4.78 is 0. The Morgan fingerprint density at radius 2 is 2.05 bits per heavy atom. The van der Waals surface area contributed by atoms with Gasteiger partial charge in [-0.2, -0.15) is 0 Å². The molecule has 6 heteroatoms. The van der Waals surface area contributed by atoms with Crippen molar-refractivity contribution in [3.05, 3.63) is 51.5 Å². The van der Waals surface area contributed by atoms with E-state index in [-0.39, 0.29) is 12.6 Å². The Morgan fingerprint density at radius 3 is 2.62 bits per heavy atom. The van der Waals surface area contributed by atoms with Gasteiger partial charge in [0.25, 0.3) is 0 Å². The molecule has 3 N–H and O–H groups in total. The standard InChI is InChI=1S/C15H19N3O2S/c1-10-11(2)21-14(17-10)8-16-15(20)18-13(9-19)12-6-4-3-5-7-12/h3-7,13,19H,8-9H2,1-2H3,(H2,16,18,20). The highest BCUT2D eigenvalue weighted by atomic mass is 32.1. The second-order valence-electron chi connectivity index (χ2n) is 4.72. The molecule has 112 valence electrons. The Morgan fingerprint density at radius 1 is 1.33 bits per heavy atom. The van der Waals surface area contributed by atoms with E-state index in [9.17, 15) is 9.90 Å². The van der Waals surface area contributed by atoms with Gasteiger partial charge in [0.05, 0.1) is 24.9 Å². The van der Waals surface area contributed by atoms with Crippen LogP contribution >= 0.6 is 11.3 Å². The molecular formula is C15H19N3O2S. The number of carbonyl (C=O) groups excluding carboxylic acids is 1. The Labute approximate surface area is 128 Å². The van der Waals surface area contributed by atoms with E-state index in [2.05, 4.69) is 15.6 Å². The maximum atomic E-state index is 11.9. The van der Waals surface area contributed by atoms with Gasteiger partial charge in [-0.15, -0.1) is 11.3 Å². The Hall–Kier alpha value is -1.92. The molecule has 1 aromatic heterocycles. The van der Waals surface area contributed by atoms with Crippen LogP contribution < -0.4 is 10.6 Å². The molecule has 1 atom stereocenters. The van der Waals surface area contributed by atoms with Crippen molar-refractivity contribution in [1.82, 2.24) is 15.6 Å². The molecule has 21 heavy (non-hydrogen) atoms. The predicted octanol–water partition coefficient (Wildman–Crippen LogP) is 2.29. The summed E-state index contributed by atoms with van der Waals surface area (Å²) in [5, 5.41) is 15.8. The van der Waals surface area contributed by atoms with Gasteiger partial charge in [-0.1, -0.05) is 30.3 Å². The van der Waals surface area contributed by atoms with Gasteiger partial charge >= 0.3 is 6.03 Å². The number of nitrogens with one attached hydrogen (secondary N) is 2. The van der Waals surface area contributed by atoms with Crippen molar-refractivity contribution in [2.24, 2.45) is 0 Å². The van der Waals surface area contributed by atoms with Gasteiger partial charge in [0.2, 0.25) is 0 Å². The average molecular weight is 305 g/mol. The van der Waals surface area contributed by atoms with Crippen LogP contribution in [0.4, 0.5) is 4.79 Å². The zero-order valence-corrected chi connectivity index (χ0v) is 12.9. The van der Waals surface area contributed by atoms with Crippen LogP contribution in [0, 0.1) is 13.8 Å². The van der Waals surface area contributed by atoms with Gasteiger partial charge in [0.1, 0.15) is 5.01 Å². The maximum absolute atomic E-state index is 11.9.